The molecule has 7 nitrogen and oxygen atoms in total. The van der Waals surface area contributed by atoms with Gasteiger partial charge in [0.25, 0.3) is 5.56 Å². The van der Waals surface area contributed by atoms with Crippen molar-refractivity contribution in [2.75, 3.05) is 19.0 Å². The lowest BCUT2D eigenvalue weighted by atomic mass is 10.5. The van der Waals surface area contributed by atoms with Crippen molar-refractivity contribution in [3.8, 4) is 0 Å². The number of hydrogen-bond acceptors (Lipinski definition) is 7. The minimum Gasteiger partial charge on any atom is -0.347 e. The molecule has 2 aromatic rings. The summed E-state index contributed by atoms with van der Waals surface area (Å²) in [6.45, 7) is 1.74. The zero-order valence-corrected chi connectivity index (χ0v) is 12.1. The molecule has 0 aliphatic carbocycles. The minimum absolute atomic E-state index is 0.0937. The molecule has 0 bridgehead atoms. The molecule has 2 rings (SSSR count). The van der Waals surface area contributed by atoms with E-state index in [0.717, 1.165) is 11.8 Å². The van der Waals surface area contributed by atoms with Gasteiger partial charge in [-0.05, 0) is 30.3 Å². The molecule has 0 saturated heterocycles. The lowest BCUT2D eigenvalue weighted by Crippen LogP contribution is -2.14. The third-order valence-electron chi connectivity index (χ3n) is 2.01. The zero-order valence-electron chi connectivity index (χ0n) is 10.5. The van der Waals surface area contributed by atoms with Gasteiger partial charge in [-0.2, -0.15) is 15.0 Å². The molecule has 1 N–H and O–H groups in total. The Hall–Kier alpha value is -1.67. The first-order chi connectivity index (χ1) is 8.94. The Labute approximate surface area is 118 Å². The SMILES string of the molecule is Cc1cc(=O)[nH]c(Sc2nc(Cl)nc(N(C)C)n2)n1. The summed E-state index contributed by atoms with van der Waals surface area (Å²) in [5.41, 5.74) is 0.405. The second-order valence-corrected chi connectivity index (χ2v) is 5.17. The molecule has 19 heavy (non-hydrogen) atoms. The van der Waals surface area contributed by atoms with Gasteiger partial charge in [0, 0.05) is 25.9 Å². The van der Waals surface area contributed by atoms with Crippen LogP contribution in [0, 0.1) is 6.92 Å². The summed E-state index contributed by atoms with van der Waals surface area (Å²) in [6, 6.07) is 1.41. The van der Waals surface area contributed by atoms with Gasteiger partial charge in [-0.1, -0.05) is 0 Å². The summed E-state index contributed by atoms with van der Waals surface area (Å²) in [4.78, 5) is 32.0. The van der Waals surface area contributed by atoms with Gasteiger partial charge >= 0.3 is 0 Å². The number of aromatic nitrogens is 5. The van der Waals surface area contributed by atoms with Crippen LogP contribution in [0.15, 0.2) is 21.2 Å². The van der Waals surface area contributed by atoms with Gasteiger partial charge in [0.15, 0.2) is 5.16 Å². The number of hydrogen-bond donors (Lipinski definition) is 1. The monoisotopic (exact) mass is 298 g/mol. The van der Waals surface area contributed by atoms with Crippen LogP contribution < -0.4 is 10.5 Å². The van der Waals surface area contributed by atoms with E-state index in [1.54, 1.807) is 25.9 Å². The average Bonchev–Trinajstić information content (AvgIpc) is 2.26. The number of H-pyrrole nitrogens is 1. The molecule has 0 atom stereocenters. The normalized spacial score (nSPS) is 10.5. The van der Waals surface area contributed by atoms with E-state index in [1.807, 2.05) is 0 Å². The molecule has 0 spiro atoms. The number of aryl methyl sites for hydroxylation is 1. The van der Waals surface area contributed by atoms with Crippen LogP contribution in [-0.2, 0) is 0 Å². The first-order valence-corrected chi connectivity index (χ1v) is 6.48. The Bertz CT molecular complexity index is 659. The van der Waals surface area contributed by atoms with Crippen LogP contribution >= 0.6 is 23.4 Å². The van der Waals surface area contributed by atoms with Crippen molar-refractivity contribution in [2.24, 2.45) is 0 Å². The number of anilines is 1. The van der Waals surface area contributed by atoms with E-state index in [-0.39, 0.29) is 10.8 Å². The Kier molecular flexibility index (Phi) is 4.01. The second-order valence-electron chi connectivity index (χ2n) is 3.88. The molecular formula is C10H11ClN6OS. The third-order valence-corrected chi connectivity index (χ3v) is 2.93. The number of halogens is 1. The molecule has 0 aromatic carbocycles. The fourth-order valence-corrected chi connectivity index (χ4v) is 2.23. The molecule has 2 heterocycles. The van der Waals surface area contributed by atoms with E-state index < -0.39 is 0 Å². The van der Waals surface area contributed by atoms with Crippen molar-refractivity contribution >= 4 is 29.3 Å². The predicted molar refractivity (Wildman–Crippen MR) is 72.9 cm³/mol. The summed E-state index contributed by atoms with van der Waals surface area (Å²) in [7, 11) is 3.60. The highest BCUT2D eigenvalue weighted by Crippen LogP contribution is 2.22. The molecule has 0 aliphatic heterocycles. The van der Waals surface area contributed by atoms with Crippen molar-refractivity contribution in [3.63, 3.8) is 0 Å². The first-order valence-electron chi connectivity index (χ1n) is 5.29. The van der Waals surface area contributed by atoms with E-state index in [4.69, 9.17) is 11.6 Å². The topological polar surface area (TPSA) is 87.7 Å². The Morgan fingerprint density at radius 1 is 1.26 bits per heavy atom. The zero-order chi connectivity index (χ0) is 14.0. The van der Waals surface area contributed by atoms with Crippen LogP contribution in [0.3, 0.4) is 0 Å². The average molecular weight is 299 g/mol. The lowest BCUT2D eigenvalue weighted by molar-refractivity contribution is 0.850. The second kappa shape index (κ2) is 5.54. The van der Waals surface area contributed by atoms with Crippen molar-refractivity contribution in [1.29, 1.82) is 0 Å². The van der Waals surface area contributed by atoms with Gasteiger partial charge < -0.3 is 9.88 Å². The Morgan fingerprint density at radius 3 is 2.63 bits per heavy atom. The standard InChI is InChI=1S/C10H11ClN6OS/c1-5-4-6(18)13-9(12-5)19-10-15-7(11)14-8(16-10)17(2)3/h4H,1-3H3,(H,12,13,18). The largest absolute Gasteiger partial charge is 0.347 e. The maximum absolute atomic E-state index is 11.3. The van der Waals surface area contributed by atoms with E-state index in [9.17, 15) is 4.79 Å². The predicted octanol–water partition coefficient (Wildman–Crippen LogP) is 1.13. The quantitative estimate of drug-likeness (QED) is 0.850. The molecule has 0 amide bonds. The van der Waals surface area contributed by atoms with E-state index in [0.29, 0.717) is 22.0 Å². The Balaban J connectivity index is 2.35. The summed E-state index contributed by atoms with van der Waals surface area (Å²) < 4.78 is 0. The Morgan fingerprint density at radius 2 is 2.00 bits per heavy atom. The molecule has 0 aliphatic rings. The molecule has 0 fully saturated rings. The van der Waals surface area contributed by atoms with Gasteiger partial charge in [-0.3, -0.25) is 4.79 Å². The van der Waals surface area contributed by atoms with Crippen molar-refractivity contribution in [1.82, 2.24) is 24.9 Å². The van der Waals surface area contributed by atoms with Crippen LogP contribution in [0.25, 0.3) is 0 Å². The van der Waals surface area contributed by atoms with Crippen LogP contribution in [0.1, 0.15) is 5.69 Å². The molecule has 0 radical (unpaired) electrons. The lowest BCUT2D eigenvalue weighted by Gasteiger charge is -2.10. The molecule has 2 aromatic heterocycles. The highest BCUT2D eigenvalue weighted by atomic mass is 35.5. The number of aromatic amines is 1. The van der Waals surface area contributed by atoms with Gasteiger partial charge in [-0.25, -0.2) is 4.98 Å². The summed E-state index contributed by atoms with van der Waals surface area (Å²) in [6.07, 6.45) is 0. The maximum Gasteiger partial charge on any atom is 0.251 e. The van der Waals surface area contributed by atoms with Gasteiger partial charge in [0.2, 0.25) is 16.4 Å². The third kappa shape index (κ3) is 3.65. The van der Waals surface area contributed by atoms with E-state index >= 15 is 0 Å². The maximum atomic E-state index is 11.3. The van der Waals surface area contributed by atoms with Crippen molar-refractivity contribution < 1.29 is 0 Å². The number of rotatable bonds is 3. The highest BCUT2D eigenvalue weighted by molar-refractivity contribution is 7.99. The fraction of sp³-hybridized carbons (Fsp3) is 0.300. The minimum atomic E-state index is -0.219. The summed E-state index contributed by atoms with van der Waals surface area (Å²) in [5.74, 6) is 0.442. The van der Waals surface area contributed by atoms with Crippen LogP contribution in [0.2, 0.25) is 5.28 Å². The fourth-order valence-electron chi connectivity index (χ4n) is 1.25. The van der Waals surface area contributed by atoms with Crippen LogP contribution in [0.5, 0.6) is 0 Å². The summed E-state index contributed by atoms with van der Waals surface area (Å²) >= 11 is 6.95. The molecule has 0 unspecified atom stereocenters. The van der Waals surface area contributed by atoms with Gasteiger partial charge in [0.1, 0.15) is 0 Å². The van der Waals surface area contributed by atoms with Crippen molar-refractivity contribution in [2.45, 2.75) is 17.2 Å². The highest BCUT2D eigenvalue weighted by Gasteiger charge is 2.10. The van der Waals surface area contributed by atoms with Crippen molar-refractivity contribution in [3.05, 3.63) is 27.4 Å². The van der Waals surface area contributed by atoms with Crippen LogP contribution in [-0.4, -0.2) is 39.0 Å². The summed E-state index contributed by atoms with van der Waals surface area (Å²) in [5, 5.41) is 0.880. The molecular weight excluding hydrogens is 288 g/mol. The molecule has 0 saturated carbocycles. The molecule has 9 heteroatoms. The number of nitrogens with one attached hydrogen (secondary N) is 1. The molecule has 100 valence electrons. The number of nitrogens with zero attached hydrogens (tertiary/aromatic N) is 5. The van der Waals surface area contributed by atoms with Gasteiger partial charge in [0.05, 0.1) is 0 Å². The smallest absolute Gasteiger partial charge is 0.251 e. The first kappa shape index (κ1) is 13.8. The van der Waals surface area contributed by atoms with Crippen LogP contribution in [0.4, 0.5) is 5.95 Å². The van der Waals surface area contributed by atoms with E-state index in [1.165, 1.54) is 6.07 Å². The van der Waals surface area contributed by atoms with E-state index in [2.05, 4.69) is 24.9 Å². The van der Waals surface area contributed by atoms with Gasteiger partial charge in [-0.15, -0.1) is 0 Å².